The molecule has 0 bridgehead atoms. The Morgan fingerprint density at radius 3 is 2.33 bits per heavy atom. The number of anilines is 5. The maximum absolute atomic E-state index is 12.8. The van der Waals surface area contributed by atoms with Crippen molar-refractivity contribution in [2.24, 2.45) is 0 Å². The van der Waals surface area contributed by atoms with Crippen LogP contribution in [0, 0.1) is 0 Å². The predicted octanol–water partition coefficient (Wildman–Crippen LogP) is 6.24. The van der Waals surface area contributed by atoms with Crippen LogP contribution in [-0.4, -0.2) is 22.0 Å². The van der Waals surface area contributed by atoms with Gasteiger partial charge in [0.1, 0.15) is 5.82 Å². The summed E-state index contributed by atoms with van der Waals surface area (Å²) in [6.45, 7) is 0. The number of halogens is 3. The summed E-state index contributed by atoms with van der Waals surface area (Å²) in [4.78, 5) is 20.9. The minimum absolute atomic E-state index is 0.0452. The molecule has 0 spiro atoms. The highest BCUT2D eigenvalue weighted by molar-refractivity contribution is 5.99. The Bertz CT molecular complexity index is 1100. The molecular formula is C23H23F3N6O. The van der Waals surface area contributed by atoms with Gasteiger partial charge < -0.3 is 21.3 Å². The van der Waals surface area contributed by atoms with Crippen LogP contribution in [0.1, 0.15) is 31.2 Å². The Balaban J connectivity index is 1.32. The van der Waals surface area contributed by atoms with Gasteiger partial charge in [0, 0.05) is 29.3 Å². The van der Waals surface area contributed by atoms with Crippen LogP contribution in [-0.2, 0) is 6.18 Å². The lowest BCUT2D eigenvalue weighted by atomic mass is 10.2. The largest absolute Gasteiger partial charge is 0.416 e. The van der Waals surface area contributed by atoms with E-state index in [4.69, 9.17) is 0 Å². The molecule has 1 aliphatic carbocycles. The Morgan fingerprint density at radius 1 is 0.909 bits per heavy atom. The average molecular weight is 456 g/mol. The fourth-order valence-corrected chi connectivity index (χ4v) is 3.61. The molecule has 0 atom stereocenters. The van der Waals surface area contributed by atoms with Crippen LogP contribution in [0.4, 0.5) is 46.8 Å². The minimum atomic E-state index is -4.48. The van der Waals surface area contributed by atoms with E-state index in [1.807, 2.05) is 6.07 Å². The number of aromatic nitrogens is 2. The molecule has 4 rings (SSSR count). The standard InChI is InChI=1S/C23H23F3N6O/c24-23(25,26)15-4-3-7-19(14-15)31-22(33)30-18-10-8-17(9-11-18)29-21-27-13-12-20(32-21)28-16-5-1-2-6-16/h3-4,7-14,16H,1-2,5-6H2,(H2,30,31,33)(H2,27,28,29,32). The van der Waals surface area contributed by atoms with Crippen molar-refractivity contribution in [3.8, 4) is 0 Å². The summed E-state index contributed by atoms with van der Waals surface area (Å²) in [6, 6.07) is 12.9. The third-order valence-electron chi connectivity index (χ3n) is 5.21. The number of nitrogens with one attached hydrogen (secondary N) is 4. The molecule has 1 saturated carbocycles. The molecule has 3 aromatic rings. The number of urea groups is 1. The first-order valence-electron chi connectivity index (χ1n) is 10.6. The summed E-state index contributed by atoms with van der Waals surface area (Å²) in [7, 11) is 0. The summed E-state index contributed by atoms with van der Waals surface area (Å²) in [5, 5.41) is 11.5. The maximum atomic E-state index is 12.8. The molecule has 4 N–H and O–H groups in total. The van der Waals surface area contributed by atoms with E-state index >= 15 is 0 Å². The molecule has 10 heteroatoms. The third kappa shape index (κ3) is 6.34. The number of nitrogens with zero attached hydrogens (tertiary/aromatic N) is 2. The van der Waals surface area contributed by atoms with E-state index in [9.17, 15) is 18.0 Å². The summed E-state index contributed by atoms with van der Waals surface area (Å²) in [5.74, 6) is 1.21. The zero-order valence-corrected chi connectivity index (χ0v) is 17.6. The highest BCUT2D eigenvalue weighted by Gasteiger charge is 2.30. The van der Waals surface area contributed by atoms with E-state index in [0.29, 0.717) is 17.7 Å². The van der Waals surface area contributed by atoms with E-state index in [1.165, 1.54) is 25.0 Å². The summed E-state index contributed by atoms with van der Waals surface area (Å²) >= 11 is 0. The van der Waals surface area contributed by atoms with E-state index in [1.54, 1.807) is 30.5 Å². The van der Waals surface area contributed by atoms with Crippen molar-refractivity contribution in [1.29, 1.82) is 0 Å². The van der Waals surface area contributed by atoms with Crippen LogP contribution in [0.5, 0.6) is 0 Å². The lowest BCUT2D eigenvalue weighted by Gasteiger charge is -2.13. The number of rotatable bonds is 6. The zero-order chi connectivity index (χ0) is 23.3. The quantitative estimate of drug-likeness (QED) is 0.353. The van der Waals surface area contributed by atoms with Gasteiger partial charge >= 0.3 is 12.2 Å². The van der Waals surface area contributed by atoms with Crippen molar-refractivity contribution in [2.75, 3.05) is 21.3 Å². The van der Waals surface area contributed by atoms with Crippen LogP contribution in [0.2, 0.25) is 0 Å². The van der Waals surface area contributed by atoms with Gasteiger partial charge in [0.15, 0.2) is 0 Å². The molecule has 1 fully saturated rings. The van der Waals surface area contributed by atoms with Crippen molar-refractivity contribution in [3.63, 3.8) is 0 Å². The second-order valence-corrected chi connectivity index (χ2v) is 7.75. The van der Waals surface area contributed by atoms with Crippen molar-refractivity contribution in [2.45, 2.75) is 37.9 Å². The molecule has 0 saturated heterocycles. The molecule has 0 unspecified atom stereocenters. The summed E-state index contributed by atoms with van der Waals surface area (Å²) < 4.78 is 38.4. The molecule has 2 aromatic carbocycles. The normalized spacial score (nSPS) is 14.0. The molecular weight excluding hydrogens is 433 g/mol. The van der Waals surface area contributed by atoms with Gasteiger partial charge in [0.2, 0.25) is 5.95 Å². The number of carbonyl (C=O) groups is 1. The van der Waals surface area contributed by atoms with Gasteiger partial charge in [-0.15, -0.1) is 0 Å². The number of carbonyl (C=O) groups excluding carboxylic acids is 1. The van der Waals surface area contributed by atoms with Gasteiger partial charge in [-0.3, -0.25) is 0 Å². The summed E-state index contributed by atoms with van der Waals surface area (Å²) in [6.07, 6.45) is 1.94. The van der Waals surface area contributed by atoms with Crippen molar-refractivity contribution < 1.29 is 18.0 Å². The predicted molar refractivity (Wildman–Crippen MR) is 122 cm³/mol. The Morgan fingerprint density at radius 2 is 1.61 bits per heavy atom. The maximum Gasteiger partial charge on any atom is 0.416 e. The second-order valence-electron chi connectivity index (χ2n) is 7.75. The number of amides is 2. The fourth-order valence-electron chi connectivity index (χ4n) is 3.61. The molecule has 1 heterocycles. The van der Waals surface area contributed by atoms with Gasteiger partial charge in [-0.25, -0.2) is 9.78 Å². The SMILES string of the molecule is O=C(Nc1ccc(Nc2nccc(NC3CCCC3)n2)cc1)Nc1cccc(C(F)(F)F)c1. The van der Waals surface area contributed by atoms with E-state index in [2.05, 4.69) is 31.2 Å². The van der Waals surface area contributed by atoms with Crippen LogP contribution in [0.15, 0.2) is 60.8 Å². The second kappa shape index (κ2) is 9.76. The molecule has 1 aromatic heterocycles. The number of alkyl halides is 3. The van der Waals surface area contributed by atoms with Crippen molar-refractivity contribution in [3.05, 3.63) is 66.4 Å². The molecule has 2 amide bonds. The van der Waals surface area contributed by atoms with Gasteiger partial charge in [0.25, 0.3) is 0 Å². The van der Waals surface area contributed by atoms with E-state index in [-0.39, 0.29) is 5.69 Å². The third-order valence-corrected chi connectivity index (χ3v) is 5.21. The van der Waals surface area contributed by atoms with Crippen LogP contribution >= 0.6 is 0 Å². The Labute approximate surface area is 188 Å². The Hall–Kier alpha value is -3.82. The lowest BCUT2D eigenvalue weighted by Crippen LogP contribution is -2.19. The highest BCUT2D eigenvalue weighted by Crippen LogP contribution is 2.30. The molecule has 0 radical (unpaired) electrons. The first-order valence-corrected chi connectivity index (χ1v) is 10.6. The molecule has 172 valence electrons. The van der Waals surface area contributed by atoms with Gasteiger partial charge in [-0.2, -0.15) is 18.2 Å². The molecule has 1 aliphatic rings. The number of benzene rings is 2. The number of hydrogen-bond acceptors (Lipinski definition) is 5. The minimum Gasteiger partial charge on any atom is -0.367 e. The number of hydrogen-bond donors (Lipinski definition) is 4. The first-order chi connectivity index (χ1) is 15.8. The smallest absolute Gasteiger partial charge is 0.367 e. The zero-order valence-electron chi connectivity index (χ0n) is 17.6. The molecule has 7 nitrogen and oxygen atoms in total. The van der Waals surface area contributed by atoms with Crippen molar-refractivity contribution in [1.82, 2.24) is 9.97 Å². The van der Waals surface area contributed by atoms with Crippen LogP contribution in [0.25, 0.3) is 0 Å². The van der Waals surface area contributed by atoms with Crippen LogP contribution < -0.4 is 21.3 Å². The highest BCUT2D eigenvalue weighted by atomic mass is 19.4. The average Bonchev–Trinajstić information content (AvgIpc) is 3.28. The van der Waals surface area contributed by atoms with Gasteiger partial charge in [-0.05, 0) is 61.4 Å². The van der Waals surface area contributed by atoms with Crippen LogP contribution in [0.3, 0.4) is 0 Å². The molecule has 0 aliphatic heterocycles. The van der Waals surface area contributed by atoms with E-state index < -0.39 is 17.8 Å². The monoisotopic (exact) mass is 456 g/mol. The van der Waals surface area contributed by atoms with Crippen molar-refractivity contribution >= 4 is 34.9 Å². The summed E-state index contributed by atoms with van der Waals surface area (Å²) in [5.41, 5.74) is 0.406. The lowest BCUT2D eigenvalue weighted by molar-refractivity contribution is -0.137. The molecule has 33 heavy (non-hydrogen) atoms. The topological polar surface area (TPSA) is 91.0 Å². The van der Waals surface area contributed by atoms with Gasteiger partial charge in [-0.1, -0.05) is 18.9 Å². The Kier molecular flexibility index (Phi) is 6.62. The van der Waals surface area contributed by atoms with Gasteiger partial charge in [0.05, 0.1) is 5.56 Å². The van der Waals surface area contributed by atoms with E-state index in [0.717, 1.165) is 36.5 Å². The fraction of sp³-hybridized carbons (Fsp3) is 0.261. The first kappa shape index (κ1) is 22.4.